The number of carbonyl (C=O) groups is 1. The van der Waals surface area contributed by atoms with E-state index >= 15 is 0 Å². The van der Waals surface area contributed by atoms with Gasteiger partial charge in [0.2, 0.25) is 5.91 Å². The largest absolute Gasteiger partial charge is 0.419 e. The Morgan fingerprint density at radius 1 is 1.50 bits per heavy atom. The molecule has 3 rings (SSSR count). The molecule has 1 aromatic carbocycles. The predicted octanol–water partition coefficient (Wildman–Crippen LogP) is 0.870. The van der Waals surface area contributed by atoms with Gasteiger partial charge in [0.15, 0.2) is 5.58 Å². The Kier molecular flexibility index (Phi) is 5.23. The smallest absolute Gasteiger partial charge is 0.408 e. The van der Waals surface area contributed by atoms with Gasteiger partial charge in [0.25, 0.3) is 0 Å². The first kappa shape index (κ1) is 16.5. The van der Waals surface area contributed by atoms with Crippen LogP contribution in [0.5, 0.6) is 0 Å². The Morgan fingerprint density at radius 2 is 2.32 bits per heavy atom. The van der Waals surface area contributed by atoms with Crippen molar-refractivity contribution < 1.29 is 13.9 Å². The molecule has 1 amide bonds. The van der Waals surface area contributed by atoms with E-state index in [-0.39, 0.29) is 24.4 Å². The molecule has 1 fully saturated rings. The minimum Gasteiger partial charge on any atom is -0.408 e. The number of ether oxygens (including phenoxy) is 1. The number of aromatic nitrogens is 1. The lowest BCUT2D eigenvalue weighted by molar-refractivity contribution is -0.117. The molecule has 0 spiro atoms. The van der Waals surface area contributed by atoms with Crippen molar-refractivity contribution in [3.8, 4) is 0 Å². The van der Waals surface area contributed by atoms with E-state index in [0.29, 0.717) is 36.4 Å². The van der Waals surface area contributed by atoms with E-state index in [1.165, 1.54) is 4.57 Å². The maximum atomic E-state index is 12.0. The van der Waals surface area contributed by atoms with Gasteiger partial charge in [-0.25, -0.2) is 4.79 Å². The molecule has 1 aliphatic rings. The summed E-state index contributed by atoms with van der Waals surface area (Å²) in [5, 5.41) is 6.03. The van der Waals surface area contributed by atoms with Crippen molar-refractivity contribution in [3.05, 3.63) is 28.7 Å². The molecule has 0 aliphatic carbocycles. The highest BCUT2D eigenvalue weighted by atomic mass is 35.5. The molecular formula is C14H18ClN3O4. The van der Waals surface area contributed by atoms with Gasteiger partial charge in [-0.1, -0.05) is 0 Å². The Hall–Kier alpha value is -1.83. The van der Waals surface area contributed by atoms with E-state index < -0.39 is 5.76 Å². The van der Waals surface area contributed by atoms with Crippen molar-refractivity contribution in [1.29, 1.82) is 0 Å². The number of oxazole rings is 1. The molecule has 1 aromatic heterocycles. The van der Waals surface area contributed by atoms with Crippen molar-refractivity contribution in [2.24, 2.45) is 7.05 Å². The van der Waals surface area contributed by atoms with Crippen LogP contribution in [0, 0.1) is 0 Å². The molecule has 120 valence electrons. The first-order chi connectivity index (χ1) is 10.1. The first-order valence-corrected chi connectivity index (χ1v) is 6.84. The Morgan fingerprint density at radius 3 is 3.05 bits per heavy atom. The number of rotatable bonds is 3. The maximum Gasteiger partial charge on any atom is 0.419 e. The number of nitrogens with one attached hydrogen (secondary N) is 2. The lowest BCUT2D eigenvalue weighted by Crippen LogP contribution is -2.43. The van der Waals surface area contributed by atoms with Crippen molar-refractivity contribution in [3.63, 3.8) is 0 Å². The van der Waals surface area contributed by atoms with Gasteiger partial charge in [0.1, 0.15) is 0 Å². The van der Waals surface area contributed by atoms with Crippen molar-refractivity contribution >= 4 is 35.1 Å². The third-order valence-corrected chi connectivity index (χ3v) is 3.51. The summed E-state index contributed by atoms with van der Waals surface area (Å²) >= 11 is 0. The molecule has 0 radical (unpaired) electrons. The number of nitrogens with zero attached hydrogens (tertiary/aromatic N) is 1. The zero-order chi connectivity index (χ0) is 14.8. The summed E-state index contributed by atoms with van der Waals surface area (Å²) in [4.78, 5) is 23.4. The van der Waals surface area contributed by atoms with Crippen LogP contribution < -0.4 is 16.4 Å². The summed E-state index contributed by atoms with van der Waals surface area (Å²) in [6.45, 7) is 1.99. The summed E-state index contributed by atoms with van der Waals surface area (Å²) < 4.78 is 11.8. The highest BCUT2D eigenvalue weighted by Crippen LogP contribution is 2.18. The Bertz CT molecular complexity index is 718. The molecule has 7 nitrogen and oxygen atoms in total. The summed E-state index contributed by atoms with van der Waals surface area (Å²) in [5.74, 6) is -0.521. The molecular weight excluding hydrogens is 310 g/mol. The average molecular weight is 328 g/mol. The molecule has 0 bridgehead atoms. The lowest BCUT2D eigenvalue weighted by atomic mass is 10.2. The molecule has 8 heteroatoms. The fourth-order valence-electron chi connectivity index (χ4n) is 2.40. The number of amides is 1. The molecule has 1 aliphatic heterocycles. The van der Waals surface area contributed by atoms with E-state index in [2.05, 4.69) is 10.6 Å². The number of anilines is 1. The first-order valence-electron chi connectivity index (χ1n) is 6.84. The van der Waals surface area contributed by atoms with E-state index in [1.807, 2.05) is 0 Å². The predicted molar refractivity (Wildman–Crippen MR) is 84.6 cm³/mol. The van der Waals surface area contributed by atoms with E-state index in [9.17, 15) is 9.59 Å². The summed E-state index contributed by atoms with van der Waals surface area (Å²) in [7, 11) is 1.64. The van der Waals surface area contributed by atoms with Crippen LogP contribution in [0.25, 0.3) is 11.1 Å². The van der Waals surface area contributed by atoms with Crippen LogP contribution in [0.2, 0.25) is 0 Å². The van der Waals surface area contributed by atoms with Gasteiger partial charge in [0, 0.05) is 37.8 Å². The number of halogens is 1. The normalized spacial score (nSPS) is 18.0. The second-order valence-electron chi connectivity index (χ2n) is 5.09. The molecule has 1 atom stereocenters. The second-order valence-corrected chi connectivity index (χ2v) is 5.09. The van der Waals surface area contributed by atoms with Gasteiger partial charge < -0.3 is 19.8 Å². The van der Waals surface area contributed by atoms with E-state index in [1.54, 1.807) is 25.2 Å². The van der Waals surface area contributed by atoms with Gasteiger partial charge in [-0.3, -0.25) is 9.36 Å². The highest BCUT2D eigenvalue weighted by Gasteiger charge is 2.17. The van der Waals surface area contributed by atoms with Gasteiger partial charge in [0.05, 0.1) is 18.7 Å². The molecule has 22 heavy (non-hydrogen) atoms. The zero-order valence-electron chi connectivity index (χ0n) is 12.1. The standard InChI is InChI=1S/C14H17N3O4.ClH/c1-17-11-3-2-9(6-12(11)21-14(17)19)16-13(18)7-10-8-20-5-4-15-10;/h2-3,6,10,15H,4-5,7-8H2,1H3,(H,16,18);1H. The summed E-state index contributed by atoms with van der Waals surface area (Å²) in [6, 6.07) is 5.19. The molecule has 0 saturated carbocycles. The van der Waals surface area contributed by atoms with Gasteiger partial charge >= 0.3 is 5.76 Å². The van der Waals surface area contributed by atoms with Crippen molar-refractivity contribution in [2.45, 2.75) is 12.5 Å². The monoisotopic (exact) mass is 327 g/mol. The zero-order valence-corrected chi connectivity index (χ0v) is 12.9. The van der Waals surface area contributed by atoms with Crippen LogP contribution in [0.1, 0.15) is 6.42 Å². The Balaban J connectivity index is 0.00000176. The van der Waals surface area contributed by atoms with E-state index in [0.717, 1.165) is 6.54 Å². The molecule has 2 aromatic rings. The van der Waals surface area contributed by atoms with Crippen molar-refractivity contribution in [1.82, 2.24) is 9.88 Å². The van der Waals surface area contributed by atoms with Crippen LogP contribution in [0.4, 0.5) is 5.69 Å². The lowest BCUT2D eigenvalue weighted by Gasteiger charge is -2.23. The molecule has 1 unspecified atom stereocenters. The van der Waals surface area contributed by atoms with Crippen LogP contribution in [-0.4, -0.2) is 36.3 Å². The van der Waals surface area contributed by atoms with Crippen LogP contribution in [-0.2, 0) is 16.6 Å². The average Bonchev–Trinajstić information content (AvgIpc) is 2.74. The topological polar surface area (TPSA) is 85.5 Å². The SMILES string of the molecule is Cl.Cn1c(=O)oc2cc(NC(=O)CC3COCCN3)ccc21. The number of hydrogen-bond donors (Lipinski definition) is 2. The number of carbonyl (C=O) groups excluding carboxylic acids is 1. The van der Waals surface area contributed by atoms with Crippen molar-refractivity contribution in [2.75, 3.05) is 25.1 Å². The van der Waals surface area contributed by atoms with Crippen LogP contribution in [0.15, 0.2) is 27.4 Å². The second kappa shape index (κ2) is 6.95. The van der Waals surface area contributed by atoms with Crippen LogP contribution >= 0.6 is 12.4 Å². The minimum absolute atomic E-state index is 0. The minimum atomic E-state index is -0.419. The summed E-state index contributed by atoms with van der Waals surface area (Å²) in [6.07, 6.45) is 0.344. The molecule has 2 heterocycles. The fourth-order valence-corrected chi connectivity index (χ4v) is 2.40. The quantitative estimate of drug-likeness (QED) is 0.873. The van der Waals surface area contributed by atoms with E-state index in [4.69, 9.17) is 9.15 Å². The third kappa shape index (κ3) is 3.49. The van der Waals surface area contributed by atoms with Gasteiger partial charge in [-0.05, 0) is 12.1 Å². The summed E-state index contributed by atoms with van der Waals surface area (Å²) in [5.41, 5.74) is 1.76. The van der Waals surface area contributed by atoms with Gasteiger partial charge in [-0.15, -0.1) is 12.4 Å². The Labute approximate surface area is 133 Å². The van der Waals surface area contributed by atoms with Crippen LogP contribution in [0.3, 0.4) is 0 Å². The molecule has 1 saturated heterocycles. The molecule has 2 N–H and O–H groups in total. The highest BCUT2D eigenvalue weighted by molar-refractivity contribution is 5.93. The number of benzene rings is 1. The number of aryl methyl sites for hydroxylation is 1. The number of hydrogen-bond acceptors (Lipinski definition) is 5. The fraction of sp³-hybridized carbons (Fsp3) is 0.429. The number of fused-ring (bicyclic) bond motifs is 1. The maximum absolute atomic E-state index is 12.0. The number of morpholine rings is 1. The van der Waals surface area contributed by atoms with Gasteiger partial charge in [-0.2, -0.15) is 0 Å². The third-order valence-electron chi connectivity index (χ3n) is 3.51.